The summed E-state index contributed by atoms with van der Waals surface area (Å²) in [6.45, 7) is 0. The van der Waals surface area contributed by atoms with Gasteiger partial charge in [0.05, 0.1) is 23.5 Å². The number of carbonyl (C=O) groups excluding carboxylic acids is 1. The average molecular weight is 474 g/mol. The van der Waals surface area contributed by atoms with Crippen LogP contribution < -0.4 is 4.74 Å². The van der Waals surface area contributed by atoms with Gasteiger partial charge >= 0.3 is 11.9 Å². The number of aliphatic carboxylic acids is 1. The molecule has 4 aromatic carbocycles. The van der Waals surface area contributed by atoms with Crippen LogP contribution in [-0.2, 0) is 9.59 Å². The van der Waals surface area contributed by atoms with Crippen molar-refractivity contribution in [1.82, 2.24) is 0 Å². The molecule has 0 bridgehead atoms. The van der Waals surface area contributed by atoms with Crippen LogP contribution in [0.5, 0.6) is 5.75 Å². The summed E-state index contributed by atoms with van der Waals surface area (Å²) in [5, 5.41) is 19.3. The molecule has 0 amide bonds. The Kier molecular flexibility index (Phi) is 6.34. The van der Waals surface area contributed by atoms with Crippen molar-refractivity contribution in [3.63, 3.8) is 0 Å². The second-order valence-electron chi connectivity index (χ2n) is 8.87. The molecule has 1 aliphatic carbocycles. The van der Waals surface area contributed by atoms with Crippen LogP contribution in [0.15, 0.2) is 109 Å². The number of rotatable bonds is 6. The number of hydrogen-bond donors (Lipinski definition) is 1. The monoisotopic (exact) mass is 473 g/mol. The topological polar surface area (TPSA) is 87.4 Å². The van der Waals surface area contributed by atoms with Crippen LogP contribution in [0.3, 0.4) is 0 Å². The lowest BCUT2D eigenvalue weighted by Crippen LogP contribution is -2.52. The summed E-state index contributed by atoms with van der Waals surface area (Å²) in [5.74, 6) is -3.43. The highest BCUT2D eigenvalue weighted by atomic mass is 16.5. The number of nitriles is 1. The number of para-hydroxylation sites is 1. The molecule has 36 heavy (non-hydrogen) atoms. The fourth-order valence-corrected chi connectivity index (χ4v) is 5.22. The van der Waals surface area contributed by atoms with E-state index in [4.69, 9.17) is 10.00 Å². The van der Waals surface area contributed by atoms with Gasteiger partial charge in [-0.2, -0.15) is 5.26 Å². The minimum atomic E-state index is -0.931. The lowest BCUT2D eigenvalue weighted by atomic mass is 9.52. The highest BCUT2D eigenvalue weighted by Gasteiger charge is 2.59. The lowest BCUT2D eigenvalue weighted by Gasteiger charge is -2.49. The first-order chi connectivity index (χ1) is 17.6. The second kappa shape index (κ2) is 9.89. The molecule has 4 atom stereocenters. The minimum Gasteiger partial charge on any atom is -0.481 e. The number of benzene rings is 4. The lowest BCUT2D eigenvalue weighted by molar-refractivity contribution is -0.158. The van der Waals surface area contributed by atoms with Crippen LogP contribution >= 0.6 is 0 Å². The summed E-state index contributed by atoms with van der Waals surface area (Å²) in [6, 6.07) is 35.0. The molecule has 1 fully saturated rings. The highest BCUT2D eigenvalue weighted by Crippen LogP contribution is 2.58. The van der Waals surface area contributed by atoms with Crippen LogP contribution in [0.25, 0.3) is 11.1 Å². The van der Waals surface area contributed by atoms with Gasteiger partial charge in [0.2, 0.25) is 0 Å². The molecule has 0 aliphatic heterocycles. The maximum absolute atomic E-state index is 13.8. The Hall–Kier alpha value is -4.69. The normalized spacial score (nSPS) is 20.5. The van der Waals surface area contributed by atoms with Crippen LogP contribution in [-0.4, -0.2) is 17.0 Å². The molecule has 1 saturated carbocycles. The maximum atomic E-state index is 13.8. The zero-order chi connectivity index (χ0) is 25.1. The zero-order valence-electron chi connectivity index (χ0n) is 19.3. The SMILES string of the molecule is N#Cc1ccc(-c2ccccc2OC(=O)[C@H]2C(c3ccccc3)[C@@H](C(=O)O)[C@@H]2c2ccccc2)cc1. The molecular formula is C31H23NO4. The van der Waals surface area contributed by atoms with Crippen molar-refractivity contribution in [3.05, 3.63) is 126 Å². The van der Waals surface area contributed by atoms with Crippen molar-refractivity contribution in [2.24, 2.45) is 11.8 Å². The predicted octanol–water partition coefficient (Wildman–Crippen LogP) is 6.03. The van der Waals surface area contributed by atoms with Gasteiger partial charge in [0.25, 0.3) is 0 Å². The number of carboxylic acid groups (broad SMARTS) is 1. The largest absolute Gasteiger partial charge is 0.481 e. The Morgan fingerprint density at radius 3 is 1.75 bits per heavy atom. The third-order valence-corrected chi connectivity index (χ3v) is 6.90. The van der Waals surface area contributed by atoms with E-state index < -0.39 is 35.6 Å². The Morgan fingerprint density at radius 1 is 0.694 bits per heavy atom. The minimum absolute atomic E-state index is 0.393. The third kappa shape index (κ3) is 4.25. The van der Waals surface area contributed by atoms with Crippen LogP contribution in [0.1, 0.15) is 28.5 Å². The molecule has 0 spiro atoms. The van der Waals surface area contributed by atoms with E-state index in [-0.39, 0.29) is 0 Å². The van der Waals surface area contributed by atoms with E-state index in [2.05, 4.69) is 6.07 Å². The summed E-state index contributed by atoms with van der Waals surface area (Å²) in [7, 11) is 0. The number of esters is 1. The van der Waals surface area contributed by atoms with Crippen LogP contribution in [0.4, 0.5) is 0 Å². The van der Waals surface area contributed by atoms with Gasteiger partial charge in [-0.25, -0.2) is 0 Å². The van der Waals surface area contributed by atoms with Gasteiger partial charge in [0.15, 0.2) is 0 Å². The molecular weight excluding hydrogens is 450 g/mol. The third-order valence-electron chi connectivity index (χ3n) is 6.90. The van der Waals surface area contributed by atoms with Crippen molar-refractivity contribution >= 4 is 11.9 Å². The first-order valence-electron chi connectivity index (χ1n) is 11.7. The molecule has 5 rings (SSSR count). The van der Waals surface area contributed by atoms with Gasteiger partial charge in [-0.15, -0.1) is 0 Å². The van der Waals surface area contributed by atoms with Gasteiger partial charge < -0.3 is 9.84 Å². The van der Waals surface area contributed by atoms with Crippen molar-refractivity contribution in [1.29, 1.82) is 5.26 Å². The van der Waals surface area contributed by atoms with Gasteiger partial charge in [0, 0.05) is 17.4 Å². The summed E-state index contributed by atoms with van der Waals surface area (Å²) in [4.78, 5) is 26.1. The fraction of sp³-hybridized carbons (Fsp3) is 0.129. The first-order valence-corrected chi connectivity index (χ1v) is 11.7. The fourth-order valence-electron chi connectivity index (χ4n) is 5.22. The molecule has 4 aromatic rings. The molecule has 5 heteroatoms. The Labute approximate surface area is 209 Å². The van der Waals surface area contributed by atoms with Crippen molar-refractivity contribution < 1.29 is 19.4 Å². The number of nitrogens with zero attached hydrogens (tertiary/aromatic N) is 1. The van der Waals surface area contributed by atoms with Crippen LogP contribution in [0, 0.1) is 23.2 Å². The molecule has 0 radical (unpaired) electrons. The number of ether oxygens (including phenoxy) is 1. The summed E-state index contributed by atoms with van der Waals surface area (Å²) < 4.78 is 6.00. The number of carbonyl (C=O) groups is 2. The Morgan fingerprint density at radius 2 is 1.22 bits per heavy atom. The van der Waals surface area contributed by atoms with Gasteiger partial charge in [0.1, 0.15) is 5.75 Å². The Balaban J connectivity index is 1.52. The second-order valence-corrected chi connectivity index (χ2v) is 8.87. The standard InChI is InChI=1S/C31H23NO4/c32-19-20-15-17-21(18-16-20)24-13-7-8-14-25(24)36-31(35)29-26(22-9-3-1-4-10-22)28(30(33)34)27(29)23-11-5-2-6-12-23/h1-18,26-29H,(H,33,34)/t26-,27?,28-,29+/m0/s1. The summed E-state index contributed by atoms with van der Waals surface area (Å²) in [6.07, 6.45) is 0. The van der Waals surface area contributed by atoms with E-state index in [0.717, 1.165) is 22.3 Å². The highest BCUT2D eigenvalue weighted by molar-refractivity contribution is 5.87. The molecule has 1 aliphatic rings. The first kappa shape index (κ1) is 23.1. The smallest absolute Gasteiger partial charge is 0.315 e. The number of carboxylic acids is 1. The summed E-state index contributed by atoms with van der Waals surface area (Å²) >= 11 is 0. The van der Waals surface area contributed by atoms with Crippen molar-refractivity contribution in [2.75, 3.05) is 0 Å². The van der Waals surface area contributed by atoms with Gasteiger partial charge in [-0.05, 0) is 34.9 Å². The molecule has 0 aromatic heterocycles. The van der Waals surface area contributed by atoms with Crippen molar-refractivity contribution in [3.8, 4) is 22.9 Å². The maximum Gasteiger partial charge on any atom is 0.315 e. The molecule has 0 saturated heterocycles. The predicted molar refractivity (Wildman–Crippen MR) is 135 cm³/mol. The van der Waals surface area contributed by atoms with E-state index in [1.165, 1.54) is 0 Å². The van der Waals surface area contributed by atoms with Crippen molar-refractivity contribution in [2.45, 2.75) is 11.8 Å². The average Bonchev–Trinajstić information content (AvgIpc) is 2.89. The number of hydrogen-bond acceptors (Lipinski definition) is 4. The van der Waals surface area contributed by atoms with E-state index in [9.17, 15) is 14.7 Å². The molecule has 1 unspecified atom stereocenters. The molecule has 5 nitrogen and oxygen atoms in total. The molecule has 0 heterocycles. The van der Waals surface area contributed by atoms with E-state index in [1.807, 2.05) is 84.9 Å². The van der Waals surface area contributed by atoms with Gasteiger partial charge in [-0.1, -0.05) is 91.0 Å². The Bertz CT molecular complexity index is 1380. The van der Waals surface area contributed by atoms with E-state index in [1.54, 1.807) is 24.3 Å². The summed E-state index contributed by atoms with van der Waals surface area (Å²) in [5.41, 5.74) is 3.68. The molecule has 1 N–H and O–H groups in total. The zero-order valence-corrected chi connectivity index (χ0v) is 19.3. The van der Waals surface area contributed by atoms with E-state index in [0.29, 0.717) is 11.3 Å². The van der Waals surface area contributed by atoms with E-state index >= 15 is 0 Å². The van der Waals surface area contributed by atoms with Gasteiger partial charge in [-0.3, -0.25) is 9.59 Å². The molecule has 176 valence electrons. The quantitative estimate of drug-likeness (QED) is 0.273. The van der Waals surface area contributed by atoms with Crippen LogP contribution in [0.2, 0.25) is 0 Å².